The van der Waals surface area contributed by atoms with Gasteiger partial charge < -0.3 is 15.3 Å². The van der Waals surface area contributed by atoms with Gasteiger partial charge in [0.1, 0.15) is 0 Å². The smallest absolute Gasteiger partial charge is 0.313 e. The van der Waals surface area contributed by atoms with Gasteiger partial charge in [0, 0.05) is 18.5 Å². The molecule has 0 saturated heterocycles. The Morgan fingerprint density at radius 3 is 2.88 bits per heavy atom. The highest BCUT2D eigenvalue weighted by atomic mass is 32.1. The molecule has 2 amide bonds. The lowest BCUT2D eigenvalue weighted by Gasteiger charge is -2.29. The predicted molar refractivity (Wildman–Crippen MR) is 93.9 cm³/mol. The molecule has 1 unspecified atom stereocenters. The molecule has 0 radical (unpaired) electrons. The maximum atomic E-state index is 12.7. The lowest BCUT2D eigenvalue weighted by molar-refractivity contribution is -0.145. The third-order valence-corrected chi connectivity index (χ3v) is 4.95. The first kappa shape index (κ1) is 16.7. The molecule has 24 heavy (non-hydrogen) atoms. The average molecular weight is 344 g/mol. The largest absolute Gasteiger partial charge is 0.396 e. The third-order valence-electron chi connectivity index (χ3n) is 4.27. The minimum absolute atomic E-state index is 0.00963. The van der Waals surface area contributed by atoms with Crippen LogP contribution in [-0.4, -0.2) is 35.0 Å². The summed E-state index contributed by atoms with van der Waals surface area (Å²) in [5.41, 5.74) is 2.96. The van der Waals surface area contributed by atoms with Crippen LogP contribution >= 0.6 is 11.3 Å². The SMILES string of the molecule is O=C(Nc1ccsc1)C(=O)N(CCCO)C1CCc2ccccc21. The van der Waals surface area contributed by atoms with Crippen LogP contribution in [0, 0.1) is 0 Å². The number of nitrogens with one attached hydrogen (secondary N) is 1. The second kappa shape index (κ2) is 7.59. The summed E-state index contributed by atoms with van der Waals surface area (Å²) in [4.78, 5) is 26.6. The molecule has 0 fully saturated rings. The van der Waals surface area contributed by atoms with Gasteiger partial charge in [-0.1, -0.05) is 24.3 Å². The lowest BCUT2D eigenvalue weighted by Crippen LogP contribution is -2.42. The van der Waals surface area contributed by atoms with Gasteiger partial charge in [-0.2, -0.15) is 11.3 Å². The fourth-order valence-electron chi connectivity index (χ4n) is 3.15. The fraction of sp³-hybridized carbons (Fsp3) is 0.333. The van der Waals surface area contributed by atoms with Crippen LogP contribution in [0.5, 0.6) is 0 Å². The monoisotopic (exact) mass is 344 g/mol. The van der Waals surface area contributed by atoms with E-state index >= 15 is 0 Å². The Balaban J connectivity index is 1.79. The summed E-state index contributed by atoms with van der Waals surface area (Å²) in [6.45, 7) is 0.357. The third kappa shape index (κ3) is 3.49. The standard InChI is InChI=1S/C18H20N2O3S/c21-10-3-9-20(16-7-6-13-4-1-2-5-15(13)16)18(23)17(22)19-14-8-11-24-12-14/h1-2,4-5,8,11-12,16,21H,3,6-7,9-10H2,(H,19,22). The highest BCUT2D eigenvalue weighted by molar-refractivity contribution is 7.08. The molecule has 1 aliphatic carbocycles. The van der Waals surface area contributed by atoms with Crippen LogP contribution in [0.2, 0.25) is 0 Å². The minimum atomic E-state index is -0.629. The molecule has 0 bridgehead atoms. The summed E-state index contributed by atoms with van der Waals surface area (Å²) in [6, 6.07) is 9.69. The van der Waals surface area contributed by atoms with Gasteiger partial charge in [0.15, 0.2) is 0 Å². The molecule has 0 saturated carbocycles. The summed E-state index contributed by atoms with van der Waals surface area (Å²) in [7, 11) is 0. The Kier molecular flexibility index (Phi) is 5.27. The number of hydrogen-bond acceptors (Lipinski definition) is 4. The van der Waals surface area contributed by atoms with Gasteiger partial charge in [-0.25, -0.2) is 0 Å². The van der Waals surface area contributed by atoms with Crippen LogP contribution in [-0.2, 0) is 16.0 Å². The highest BCUT2D eigenvalue weighted by Gasteiger charge is 2.33. The van der Waals surface area contributed by atoms with Crippen molar-refractivity contribution in [1.82, 2.24) is 4.90 Å². The maximum Gasteiger partial charge on any atom is 0.313 e. The van der Waals surface area contributed by atoms with E-state index in [1.807, 2.05) is 23.6 Å². The average Bonchev–Trinajstić information content (AvgIpc) is 3.25. The number of benzene rings is 1. The van der Waals surface area contributed by atoms with Crippen LogP contribution in [0.15, 0.2) is 41.1 Å². The Morgan fingerprint density at radius 2 is 2.12 bits per heavy atom. The lowest BCUT2D eigenvalue weighted by atomic mass is 10.1. The van der Waals surface area contributed by atoms with Gasteiger partial charge in [0.25, 0.3) is 0 Å². The van der Waals surface area contributed by atoms with Crippen LogP contribution < -0.4 is 5.32 Å². The molecule has 1 aromatic heterocycles. The molecule has 0 aliphatic heterocycles. The second-order valence-corrected chi connectivity index (χ2v) is 6.58. The number of thiophene rings is 1. The quantitative estimate of drug-likeness (QED) is 0.819. The minimum Gasteiger partial charge on any atom is -0.396 e. The molecule has 1 heterocycles. The van der Waals surface area contributed by atoms with Crippen LogP contribution in [0.1, 0.15) is 30.0 Å². The number of aliphatic hydroxyl groups excluding tert-OH is 1. The molecule has 1 atom stereocenters. The number of carbonyl (C=O) groups excluding carboxylic acids is 2. The number of aryl methyl sites for hydroxylation is 1. The zero-order valence-electron chi connectivity index (χ0n) is 13.3. The van der Waals surface area contributed by atoms with E-state index in [-0.39, 0.29) is 12.6 Å². The van der Waals surface area contributed by atoms with Crippen LogP contribution in [0.4, 0.5) is 5.69 Å². The van der Waals surface area contributed by atoms with E-state index in [9.17, 15) is 9.59 Å². The van der Waals surface area contributed by atoms with Crippen molar-refractivity contribution in [2.45, 2.75) is 25.3 Å². The van der Waals surface area contributed by atoms with Gasteiger partial charge >= 0.3 is 11.8 Å². The van der Waals surface area contributed by atoms with E-state index in [1.165, 1.54) is 16.9 Å². The number of fused-ring (bicyclic) bond motifs is 1. The van der Waals surface area contributed by atoms with Gasteiger partial charge in [-0.15, -0.1) is 0 Å². The predicted octanol–water partition coefficient (Wildman–Crippen LogP) is 2.59. The first-order valence-corrected chi connectivity index (χ1v) is 8.98. The number of rotatable bonds is 5. The Hall–Kier alpha value is -2.18. The van der Waals surface area contributed by atoms with Crippen molar-refractivity contribution in [3.63, 3.8) is 0 Å². The van der Waals surface area contributed by atoms with E-state index in [4.69, 9.17) is 5.11 Å². The maximum absolute atomic E-state index is 12.7. The summed E-state index contributed by atoms with van der Waals surface area (Å²) in [5, 5.41) is 15.4. The summed E-state index contributed by atoms with van der Waals surface area (Å²) in [5.74, 6) is -1.17. The Bertz CT molecular complexity index is 715. The van der Waals surface area contributed by atoms with E-state index in [0.29, 0.717) is 18.7 Å². The van der Waals surface area contributed by atoms with Crippen molar-refractivity contribution in [2.75, 3.05) is 18.5 Å². The van der Waals surface area contributed by atoms with Gasteiger partial charge in [-0.3, -0.25) is 9.59 Å². The van der Waals surface area contributed by atoms with Crippen molar-refractivity contribution < 1.29 is 14.7 Å². The molecule has 1 aliphatic rings. The molecule has 126 valence electrons. The summed E-state index contributed by atoms with van der Waals surface area (Å²) < 4.78 is 0. The van der Waals surface area contributed by atoms with E-state index in [2.05, 4.69) is 11.4 Å². The molecule has 1 aromatic carbocycles. The highest BCUT2D eigenvalue weighted by Crippen LogP contribution is 2.35. The first-order valence-electron chi connectivity index (χ1n) is 8.03. The molecular weight excluding hydrogens is 324 g/mol. The molecule has 2 N–H and O–H groups in total. The van der Waals surface area contributed by atoms with E-state index in [1.54, 1.807) is 16.3 Å². The zero-order chi connectivity index (χ0) is 16.9. The first-order chi connectivity index (χ1) is 11.7. The Labute approximate surface area is 144 Å². The van der Waals surface area contributed by atoms with Crippen molar-refractivity contribution in [3.05, 3.63) is 52.2 Å². The molecular formula is C18H20N2O3S. The topological polar surface area (TPSA) is 69.6 Å². The molecule has 2 aromatic rings. The van der Waals surface area contributed by atoms with Crippen molar-refractivity contribution in [1.29, 1.82) is 0 Å². The summed E-state index contributed by atoms with van der Waals surface area (Å²) >= 11 is 1.46. The number of aliphatic hydroxyl groups is 1. The van der Waals surface area contributed by atoms with Crippen molar-refractivity contribution >= 4 is 28.8 Å². The zero-order valence-corrected chi connectivity index (χ0v) is 14.1. The van der Waals surface area contributed by atoms with Crippen molar-refractivity contribution in [2.24, 2.45) is 0 Å². The number of nitrogens with zero attached hydrogens (tertiary/aromatic N) is 1. The van der Waals surface area contributed by atoms with E-state index in [0.717, 1.165) is 18.4 Å². The molecule has 5 nitrogen and oxygen atoms in total. The van der Waals surface area contributed by atoms with Crippen LogP contribution in [0.25, 0.3) is 0 Å². The van der Waals surface area contributed by atoms with Crippen LogP contribution in [0.3, 0.4) is 0 Å². The van der Waals surface area contributed by atoms with Gasteiger partial charge in [0.2, 0.25) is 0 Å². The number of hydrogen-bond donors (Lipinski definition) is 2. The van der Waals surface area contributed by atoms with Crippen molar-refractivity contribution in [3.8, 4) is 0 Å². The number of carbonyl (C=O) groups is 2. The van der Waals surface area contributed by atoms with Gasteiger partial charge in [0.05, 0.1) is 11.7 Å². The fourth-order valence-corrected chi connectivity index (χ4v) is 3.74. The molecule has 0 spiro atoms. The van der Waals surface area contributed by atoms with Gasteiger partial charge in [-0.05, 0) is 41.8 Å². The van der Waals surface area contributed by atoms with E-state index < -0.39 is 11.8 Å². The summed E-state index contributed by atoms with van der Waals surface area (Å²) in [6.07, 6.45) is 2.16. The molecule has 6 heteroatoms. The molecule has 3 rings (SSSR count). The second-order valence-electron chi connectivity index (χ2n) is 5.80. The Morgan fingerprint density at radius 1 is 1.29 bits per heavy atom. The number of anilines is 1. The number of amides is 2. The normalized spacial score (nSPS) is 15.8.